The van der Waals surface area contributed by atoms with Crippen molar-refractivity contribution in [3.63, 3.8) is 0 Å². The molecule has 0 aliphatic rings. The van der Waals surface area contributed by atoms with Crippen LogP contribution in [0, 0.1) is 17.0 Å². The average Bonchev–Trinajstić information content (AvgIpc) is 2.42. The number of hydrogen-bond donors (Lipinski definition) is 0. The van der Waals surface area contributed by atoms with Crippen LogP contribution in [-0.4, -0.2) is 17.0 Å². The second-order valence-corrected chi connectivity index (χ2v) is 4.85. The first-order valence-corrected chi connectivity index (χ1v) is 6.43. The molecule has 0 N–H and O–H groups in total. The van der Waals surface area contributed by atoms with Crippen LogP contribution in [0.25, 0.3) is 0 Å². The molecule has 0 aliphatic heterocycles. The van der Waals surface area contributed by atoms with Crippen molar-refractivity contribution in [3.05, 3.63) is 50.6 Å². The molecule has 0 saturated heterocycles. The molecule has 0 aliphatic carbocycles. The zero-order chi connectivity index (χ0) is 14.7. The Labute approximate surface area is 123 Å². The minimum atomic E-state index is -0.494. The van der Waals surface area contributed by atoms with Gasteiger partial charge in [-0.1, -0.05) is 0 Å². The van der Waals surface area contributed by atoms with E-state index in [1.807, 2.05) is 13.0 Å². The second-order valence-electron chi connectivity index (χ2n) is 3.99. The Bertz CT molecular complexity index is 661. The van der Waals surface area contributed by atoms with Gasteiger partial charge in [0.2, 0.25) is 5.88 Å². The van der Waals surface area contributed by atoms with Gasteiger partial charge >= 0.3 is 0 Å². The Kier molecular flexibility index (Phi) is 4.19. The zero-order valence-corrected chi connectivity index (χ0v) is 12.4. The van der Waals surface area contributed by atoms with Crippen LogP contribution in [0.15, 0.2) is 34.9 Å². The van der Waals surface area contributed by atoms with E-state index in [9.17, 15) is 10.1 Å². The van der Waals surface area contributed by atoms with Crippen LogP contribution >= 0.6 is 15.9 Å². The van der Waals surface area contributed by atoms with Gasteiger partial charge in [-0.05, 0) is 40.5 Å². The van der Waals surface area contributed by atoms with E-state index in [2.05, 4.69) is 20.9 Å². The molecule has 0 spiro atoms. The third-order valence-electron chi connectivity index (χ3n) is 2.51. The molecular formula is C13H11BrN2O4. The molecule has 0 unspecified atom stereocenters. The first-order valence-electron chi connectivity index (χ1n) is 5.63. The van der Waals surface area contributed by atoms with E-state index in [0.29, 0.717) is 16.1 Å². The Morgan fingerprint density at radius 1 is 1.30 bits per heavy atom. The standard InChI is InChI=1S/C13H11BrN2O4/c1-8-5-10(14)13(15-7-8)20-11-4-3-9(16(17)18)6-12(11)19-2/h3-7H,1-2H3. The second kappa shape index (κ2) is 5.87. The van der Waals surface area contributed by atoms with Crippen LogP contribution in [0.4, 0.5) is 5.69 Å². The van der Waals surface area contributed by atoms with Crippen LogP contribution in [0.3, 0.4) is 0 Å². The lowest BCUT2D eigenvalue weighted by Crippen LogP contribution is -1.95. The summed E-state index contributed by atoms with van der Waals surface area (Å²) in [5.74, 6) is 0.992. The molecule has 2 rings (SSSR count). The van der Waals surface area contributed by atoms with E-state index < -0.39 is 4.92 Å². The molecule has 20 heavy (non-hydrogen) atoms. The molecule has 7 heteroatoms. The number of nitro benzene ring substituents is 1. The largest absolute Gasteiger partial charge is 0.493 e. The molecule has 1 heterocycles. The van der Waals surface area contributed by atoms with E-state index in [1.165, 1.54) is 25.3 Å². The lowest BCUT2D eigenvalue weighted by atomic mass is 10.3. The minimum Gasteiger partial charge on any atom is -0.493 e. The van der Waals surface area contributed by atoms with Gasteiger partial charge in [0.05, 0.1) is 22.6 Å². The Morgan fingerprint density at radius 3 is 2.65 bits per heavy atom. The molecule has 1 aromatic carbocycles. The van der Waals surface area contributed by atoms with Gasteiger partial charge in [-0.3, -0.25) is 10.1 Å². The fourth-order valence-corrected chi connectivity index (χ4v) is 2.10. The van der Waals surface area contributed by atoms with Crippen LogP contribution in [-0.2, 0) is 0 Å². The zero-order valence-electron chi connectivity index (χ0n) is 10.8. The summed E-state index contributed by atoms with van der Waals surface area (Å²) in [6.45, 7) is 1.91. The molecule has 0 atom stereocenters. The maximum atomic E-state index is 10.7. The third-order valence-corrected chi connectivity index (χ3v) is 3.08. The summed E-state index contributed by atoms with van der Waals surface area (Å²) >= 11 is 3.35. The molecule has 0 radical (unpaired) electrons. The van der Waals surface area contributed by atoms with Gasteiger partial charge in [0.1, 0.15) is 0 Å². The number of halogens is 1. The molecule has 0 fully saturated rings. The quantitative estimate of drug-likeness (QED) is 0.625. The highest BCUT2D eigenvalue weighted by molar-refractivity contribution is 9.10. The van der Waals surface area contributed by atoms with Gasteiger partial charge in [0.15, 0.2) is 11.5 Å². The van der Waals surface area contributed by atoms with Crippen LogP contribution in [0.5, 0.6) is 17.4 Å². The average molecular weight is 339 g/mol. The summed E-state index contributed by atoms with van der Waals surface area (Å²) in [6.07, 6.45) is 1.66. The van der Waals surface area contributed by atoms with Crippen LogP contribution < -0.4 is 9.47 Å². The molecule has 0 saturated carbocycles. The number of pyridine rings is 1. The Balaban J connectivity index is 2.35. The molecule has 104 valence electrons. The first-order chi connectivity index (χ1) is 9.51. The van der Waals surface area contributed by atoms with Crippen molar-refractivity contribution >= 4 is 21.6 Å². The molecule has 0 bridgehead atoms. The normalized spacial score (nSPS) is 10.2. The van der Waals surface area contributed by atoms with Crippen molar-refractivity contribution in [3.8, 4) is 17.4 Å². The molecule has 1 aromatic heterocycles. The summed E-state index contributed by atoms with van der Waals surface area (Å²) in [5, 5.41) is 10.7. The highest BCUT2D eigenvalue weighted by Crippen LogP contribution is 2.36. The highest BCUT2D eigenvalue weighted by Gasteiger charge is 2.14. The number of rotatable bonds is 4. The maximum absolute atomic E-state index is 10.7. The highest BCUT2D eigenvalue weighted by atomic mass is 79.9. The summed E-state index contributed by atoms with van der Waals surface area (Å²) in [7, 11) is 1.42. The predicted octanol–water partition coefficient (Wildman–Crippen LogP) is 3.86. The van der Waals surface area contributed by atoms with Crippen molar-refractivity contribution in [1.82, 2.24) is 4.98 Å². The number of methoxy groups -OCH3 is 1. The molecular weight excluding hydrogens is 328 g/mol. The summed E-state index contributed by atoms with van der Waals surface area (Å²) in [6, 6.07) is 5.99. The number of aromatic nitrogens is 1. The van der Waals surface area contributed by atoms with E-state index >= 15 is 0 Å². The van der Waals surface area contributed by atoms with Gasteiger partial charge < -0.3 is 9.47 Å². The van der Waals surface area contributed by atoms with Crippen LogP contribution in [0.2, 0.25) is 0 Å². The number of hydrogen-bond acceptors (Lipinski definition) is 5. The van der Waals surface area contributed by atoms with Gasteiger partial charge in [-0.25, -0.2) is 4.98 Å². The SMILES string of the molecule is COc1cc([N+](=O)[O-])ccc1Oc1ncc(C)cc1Br. The predicted molar refractivity (Wildman–Crippen MR) is 76.4 cm³/mol. The summed E-state index contributed by atoms with van der Waals surface area (Å²) in [4.78, 5) is 14.4. The van der Waals surface area contributed by atoms with Gasteiger partial charge in [0.25, 0.3) is 5.69 Å². The minimum absolute atomic E-state index is 0.0647. The number of non-ortho nitro benzene ring substituents is 1. The monoisotopic (exact) mass is 338 g/mol. The van der Waals surface area contributed by atoms with E-state index in [-0.39, 0.29) is 11.4 Å². The van der Waals surface area contributed by atoms with Crippen molar-refractivity contribution < 1.29 is 14.4 Å². The van der Waals surface area contributed by atoms with Crippen molar-refractivity contribution in [1.29, 1.82) is 0 Å². The fraction of sp³-hybridized carbons (Fsp3) is 0.154. The smallest absolute Gasteiger partial charge is 0.273 e. The van der Waals surface area contributed by atoms with E-state index in [0.717, 1.165) is 5.56 Å². The molecule has 2 aromatic rings. The lowest BCUT2D eigenvalue weighted by molar-refractivity contribution is -0.384. The van der Waals surface area contributed by atoms with Gasteiger partial charge in [-0.2, -0.15) is 0 Å². The third kappa shape index (κ3) is 3.05. The van der Waals surface area contributed by atoms with Gasteiger partial charge in [-0.15, -0.1) is 0 Å². The summed E-state index contributed by atoms with van der Waals surface area (Å²) in [5.41, 5.74) is 0.921. The maximum Gasteiger partial charge on any atom is 0.273 e. The van der Waals surface area contributed by atoms with E-state index in [1.54, 1.807) is 6.20 Å². The van der Waals surface area contributed by atoms with Crippen molar-refractivity contribution in [2.45, 2.75) is 6.92 Å². The number of nitrogens with zero attached hydrogens (tertiary/aromatic N) is 2. The van der Waals surface area contributed by atoms with E-state index in [4.69, 9.17) is 9.47 Å². The van der Waals surface area contributed by atoms with Gasteiger partial charge in [0, 0.05) is 12.3 Å². The Hall–Kier alpha value is -2.15. The summed E-state index contributed by atoms with van der Waals surface area (Å²) < 4.78 is 11.4. The topological polar surface area (TPSA) is 74.5 Å². The molecule has 0 amide bonds. The first kappa shape index (κ1) is 14.3. The van der Waals surface area contributed by atoms with Crippen LogP contribution in [0.1, 0.15) is 5.56 Å². The number of ether oxygens (including phenoxy) is 2. The fourth-order valence-electron chi connectivity index (χ4n) is 1.55. The number of nitro groups is 1. The number of benzene rings is 1. The lowest BCUT2D eigenvalue weighted by Gasteiger charge is -2.10. The van der Waals surface area contributed by atoms with Crippen molar-refractivity contribution in [2.24, 2.45) is 0 Å². The molecule has 6 nitrogen and oxygen atoms in total. The number of aryl methyl sites for hydroxylation is 1. The van der Waals surface area contributed by atoms with Crippen molar-refractivity contribution in [2.75, 3.05) is 7.11 Å². The Morgan fingerprint density at radius 2 is 2.05 bits per heavy atom.